The molecule has 0 saturated carbocycles. The molecule has 0 spiro atoms. The lowest BCUT2D eigenvalue weighted by Gasteiger charge is -2.20. The Morgan fingerprint density at radius 1 is 0.880 bits per heavy atom. The van der Waals surface area contributed by atoms with Crippen molar-refractivity contribution >= 4 is 29.1 Å². The average molecular weight is 357 g/mol. The van der Waals surface area contributed by atoms with Crippen molar-refractivity contribution in [3.8, 4) is 0 Å². The molecule has 1 heterocycles. The fraction of sp³-hybridized carbons (Fsp3) is 0.300. The van der Waals surface area contributed by atoms with Crippen LogP contribution < -0.4 is 5.32 Å². The highest BCUT2D eigenvalue weighted by Gasteiger charge is 2.17. The zero-order chi connectivity index (χ0) is 17.6. The summed E-state index contributed by atoms with van der Waals surface area (Å²) in [5.74, 6) is -0.205. The summed E-state index contributed by atoms with van der Waals surface area (Å²) in [4.78, 5) is 26.8. The molecule has 130 valence electrons. The van der Waals surface area contributed by atoms with Gasteiger partial charge in [-0.2, -0.15) is 0 Å². The molecule has 3 rings (SSSR count). The number of rotatable bonds is 3. The minimum Gasteiger partial charge on any atom is -0.339 e. The standard InChI is InChI=1S/C20H21ClN2O2/c21-18-8-4-3-7-17(18)19(24)22-16-11-9-15(10-12-16)20(25)23-13-5-1-2-6-14-23/h3-4,7-12H,1-2,5-6,13-14H2,(H,22,24). The molecule has 2 amide bonds. The number of likely N-dealkylation sites (tertiary alicyclic amines) is 1. The van der Waals surface area contributed by atoms with Crippen molar-refractivity contribution < 1.29 is 9.59 Å². The number of hydrogen-bond donors (Lipinski definition) is 1. The number of nitrogens with zero attached hydrogens (tertiary/aromatic N) is 1. The Hall–Kier alpha value is -2.33. The number of anilines is 1. The second-order valence-electron chi connectivity index (χ2n) is 6.22. The average Bonchev–Trinajstić information content (AvgIpc) is 2.91. The lowest BCUT2D eigenvalue weighted by molar-refractivity contribution is 0.0761. The van der Waals surface area contributed by atoms with E-state index in [0.717, 1.165) is 25.9 Å². The van der Waals surface area contributed by atoms with Crippen molar-refractivity contribution in [1.82, 2.24) is 4.90 Å². The molecule has 0 aromatic heterocycles. The number of nitrogens with one attached hydrogen (secondary N) is 1. The topological polar surface area (TPSA) is 49.4 Å². The minimum atomic E-state index is -0.266. The predicted molar refractivity (Wildman–Crippen MR) is 100 cm³/mol. The largest absolute Gasteiger partial charge is 0.339 e. The van der Waals surface area contributed by atoms with Gasteiger partial charge in [-0.1, -0.05) is 36.6 Å². The molecule has 1 aliphatic rings. The maximum atomic E-state index is 12.6. The van der Waals surface area contributed by atoms with E-state index in [9.17, 15) is 9.59 Å². The van der Waals surface area contributed by atoms with Gasteiger partial charge in [-0.05, 0) is 49.2 Å². The van der Waals surface area contributed by atoms with Crippen LogP contribution in [0.3, 0.4) is 0 Å². The van der Waals surface area contributed by atoms with Gasteiger partial charge in [0.1, 0.15) is 0 Å². The van der Waals surface area contributed by atoms with Gasteiger partial charge in [0.2, 0.25) is 0 Å². The van der Waals surface area contributed by atoms with E-state index in [1.807, 2.05) is 4.90 Å². The Bertz CT molecular complexity index is 751. The minimum absolute atomic E-state index is 0.0610. The van der Waals surface area contributed by atoms with E-state index in [1.165, 1.54) is 12.8 Å². The van der Waals surface area contributed by atoms with Crippen LogP contribution in [0.15, 0.2) is 48.5 Å². The van der Waals surface area contributed by atoms with Crippen molar-refractivity contribution in [3.05, 3.63) is 64.7 Å². The van der Waals surface area contributed by atoms with E-state index in [4.69, 9.17) is 11.6 Å². The van der Waals surface area contributed by atoms with Gasteiger partial charge in [0.05, 0.1) is 10.6 Å². The van der Waals surface area contributed by atoms with E-state index in [0.29, 0.717) is 21.8 Å². The second kappa shape index (κ2) is 8.17. The zero-order valence-electron chi connectivity index (χ0n) is 14.0. The molecule has 0 bridgehead atoms. The molecule has 0 radical (unpaired) electrons. The Labute approximate surface area is 152 Å². The molecule has 4 nitrogen and oxygen atoms in total. The Balaban J connectivity index is 1.66. The number of amides is 2. The van der Waals surface area contributed by atoms with Crippen LogP contribution in [0.1, 0.15) is 46.4 Å². The molecule has 0 atom stereocenters. The maximum Gasteiger partial charge on any atom is 0.257 e. The van der Waals surface area contributed by atoms with Crippen molar-refractivity contribution in [1.29, 1.82) is 0 Å². The SMILES string of the molecule is O=C(Nc1ccc(C(=O)N2CCCCCC2)cc1)c1ccccc1Cl. The summed E-state index contributed by atoms with van der Waals surface area (Å²) >= 11 is 6.04. The molecule has 1 saturated heterocycles. The van der Waals surface area contributed by atoms with Gasteiger partial charge < -0.3 is 10.2 Å². The summed E-state index contributed by atoms with van der Waals surface area (Å²) in [6.45, 7) is 1.65. The smallest absolute Gasteiger partial charge is 0.257 e. The summed E-state index contributed by atoms with van der Waals surface area (Å²) < 4.78 is 0. The number of carbonyl (C=O) groups excluding carboxylic acids is 2. The van der Waals surface area contributed by atoms with Gasteiger partial charge in [0.15, 0.2) is 0 Å². The zero-order valence-corrected chi connectivity index (χ0v) is 14.8. The quantitative estimate of drug-likeness (QED) is 0.873. The molecule has 25 heavy (non-hydrogen) atoms. The monoisotopic (exact) mass is 356 g/mol. The Morgan fingerprint density at radius 3 is 2.16 bits per heavy atom. The molecule has 1 fully saturated rings. The fourth-order valence-electron chi connectivity index (χ4n) is 3.00. The molecule has 1 aliphatic heterocycles. The summed E-state index contributed by atoms with van der Waals surface area (Å²) in [5, 5.41) is 3.22. The van der Waals surface area contributed by atoms with E-state index >= 15 is 0 Å². The predicted octanol–water partition coefficient (Wildman–Crippen LogP) is 4.61. The van der Waals surface area contributed by atoms with Crippen LogP contribution in [0.5, 0.6) is 0 Å². The third-order valence-electron chi connectivity index (χ3n) is 4.40. The van der Waals surface area contributed by atoms with E-state index < -0.39 is 0 Å². The lowest BCUT2D eigenvalue weighted by atomic mass is 10.1. The first-order valence-electron chi connectivity index (χ1n) is 8.60. The second-order valence-corrected chi connectivity index (χ2v) is 6.62. The van der Waals surface area contributed by atoms with Crippen molar-refractivity contribution in [2.45, 2.75) is 25.7 Å². The normalized spacial score (nSPS) is 14.7. The number of hydrogen-bond acceptors (Lipinski definition) is 2. The van der Waals surface area contributed by atoms with Crippen molar-refractivity contribution in [2.75, 3.05) is 18.4 Å². The molecular weight excluding hydrogens is 336 g/mol. The van der Waals surface area contributed by atoms with Crippen LogP contribution in [0.2, 0.25) is 5.02 Å². The Kier molecular flexibility index (Phi) is 5.71. The van der Waals surface area contributed by atoms with E-state index in [2.05, 4.69) is 5.32 Å². The van der Waals surface area contributed by atoms with Crippen LogP contribution in [-0.4, -0.2) is 29.8 Å². The highest BCUT2D eigenvalue weighted by molar-refractivity contribution is 6.34. The van der Waals surface area contributed by atoms with Gasteiger partial charge in [-0.15, -0.1) is 0 Å². The molecule has 2 aromatic carbocycles. The first kappa shape index (κ1) is 17.5. The lowest BCUT2D eigenvalue weighted by Crippen LogP contribution is -2.31. The van der Waals surface area contributed by atoms with Crippen molar-refractivity contribution in [3.63, 3.8) is 0 Å². The first-order chi connectivity index (χ1) is 12.1. The molecule has 5 heteroatoms. The molecular formula is C20H21ClN2O2. The van der Waals surface area contributed by atoms with E-state index in [-0.39, 0.29) is 11.8 Å². The first-order valence-corrected chi connectivity index (χ1v) is 8.98. The van der Waals surface area contributed by atoms with E-state index in [1.54, 1.807) is 48.5 Å². The fourth-order valence-corrected chi connectivity index (χ4v) is 3.22. The molecule has 2 aromatic rings. The maximum absolute atomic E-state index is 12.6. The van der Waals surface area contributed by atoms with Crippen LogP contribution >= 0.6 is 11.6 Å². The third-order valence-corrected chi connectivity index (χ3v) is 4.73. The number of halogens is 1. The van der Waals surface area contributed by atoms with Crippen LogP contribution in [0.4, 0.5) is 5.69 Å². The summed E-state index contributed by atoms with van der Waals surface area (Å²) in [7, 11) is 0. The van der Waals surface area contributed by atoms with Crippen LogP contribution in [0, 0.1) is 0 Å². The third kappa shape index (κ3) is 4.40. The summed E-state index contributed by atoms with van der Waals surface area (Å²) in [6.07, 6.45) is 4.52. The van der Waals surface area contributed by atoms with Gasteiger partial charge in [-0.25, -0.2) is 0 Å². The highest BCUT2D eigenvalue weighted by Crippen LogP contribution is 2.19. The van der Waals surface area contributed by atoms with Gasteiger partial charge in [0, 0.05) is 24.3 Å². The van der Waals surface area contributed by atoms with Gasteiger partial charge in [0.25, 0.3) is 11.8 Å². The summed E-state index contributed by atoms with van der Waals surface area (Å²) in [6, 6.07) is 13.9. The van der Waals surface area contributed by atoms with Gasteiger partial charge >= 0.3 is 0 Å². The highest BCUT2D eigenvalue weighted by atomic mass is 35.5. The molecule has 0 aliphatic carbocycles. The molecule has 1 N–H and O–H groups in total. The van der Waals surface area contributed by atoms with Crippen LogP contribution in [0.25, 0.3) is 0 Å². The van der Waals surface area contributed by atoms with Gasteiger partial charge in [-0.3, -0.25) is 9.59 Å². The summed E-state index contributed by atoms with van der Waals surface area (Å²) in [5.41, 5.74) is 1.71. The number of benzene rings is 2. The Morgan fingerprint density at radius 2 is 1.52 bits per heavy atom. The molecule has 0 unspecified atom stereocenters. The number of carbonyl (C=O) groups is 2. The van der Waals surface area contributed by atoms with Crippen molar-refractivity contribution in [2.24, 2.45) is 0 Å². The van der Waals surface area contributed by atoms with Crippen LogP contribution in [-0.2, 0) is 0 Å².